The molecule has 1 aromatic carbocycles. The fraction of sp³-hybridized carbons (Fsp3) is 0.471. The van der Waals surface area contributed by atoms with Crippen molar-refractivity contribution in [1.82, 2.24) is 0 Å². The van der Waals surface area contributed by atoms with E-state index in [4.69, 9.17) is 37.5 Å². The van der Waals surface area contributed by atoms with Crippen LogP contribution in [0.5, 0.6) is 11.5 Å². The Labute approximate surface area is 161 Å². The number of rotatable bonds is 10. The van der Waals surface area contributed by atoms with E-state index in [0.29, 0.717) is 19.8 Å². The minimum Gasteiger partial charge on any atom is -0.492 e. The molecule has 0 atom stereocenters. The summed E-state index contributed by atoms with van der Waals surface area (Å²) in [7, 11) is 0. The molecule has 7 heteroatoms. The summed E-state index contributed by atoms with van der Waals surface area (Å²) < 4.78 is 12.4. The molecule has 0 fully saturated rings. The molecule has 0 N–H and O–H groups in total. The van der Waals surface area contributed by atoms with Crippen LogP contribution in [-0.2, 0) is 4.84 Å². The first-order valence-electron chi connectivity index (χ1n) is 7.60. The highest BCUT2D eigenvalue weighted by atomic mass is 79.9. The third kappa shape index (κ3) is 8.81. The molecule has 0 aliphatic carbocycles. The van der Waals surface area contributed by atoms with E-state index in [2.05, 4.69) is 21.1 Å². The Hall–Kier alpha value is -0.910. The maximum absolute atomic E-state index is 5.84. The SMILES string of the molecule is CC(C)=NOCCCCOc1c(C)cc(OCC=C(Cl)Cl)cc1Br. The number of hydrogen-bond acceptors (Lipinski definition) is 4. The van der Waals surface area contributed by atoms with Crippen LogP contribution in [0, 0.1) is 6.92 Å². The number of benzene rings is 1. The molecule has 0 aliphatic heterocycles. The Balaban J connectivity index is 2.43. The van der Waals surface area contributed by atoms with Crippen molar-refractivity contribution in [1.29, 1.82) is 0 Å². The zero-order valence-corrected chi connectivity index (χ0v) is 17.2. The van der Waals surface area contributed by atoms with E-state index in [0.717, 1.165) is 40.1 Å². The van der Waals surface area contributed by atoms with Crippen LogP contribution >= 0.6 is 39.1 Å². The number of halogens is 3. The fourth-order valence-corrected chi connectivity index (χ4v) is 2.56. The van der Waals surface area contributed by atoms with E-state index in [-0.39, 0.29) is 4.49 Å². The van der Waals surface area contributed by atoms with Crippen molar-refractivity contribution < 1.29 is 14.3 Å². The molecule has 0 radical (unpaired) electrons. The van der Waals surface area contributed by atoms with Crippen LogP contribution in [0.3, 0.4) is 0 Å². The minimum atomic E-state index is 0.189. The van der Waals surface area contributed by atoms with E-state index in [1.54, 1.807) is 6.08 Å². The van der Waals surface area contributed by atoms with Crippen LogP contribution in [0.25, 0.3) is 0 Å². The fourth-order valence-electron chi connectivity index (χ4n) is 1.78. The molecule has 1 aromatic rings. The van der Waals surface area contributed by atoms with Crippen LogP contribution in [0.15, 0.2) is 32.3 Å². The lowest BCUT2D eigenvalue weighted by Gasteiger charge is -2.13. The topological polar surface area (TPSA) is 40.0 Å². The summed E-state index contributed by atoms with van der Waals surface area (Å²) >= 11 is 14.6. The minimum absolute atomic E-state index is 0.189. The Morgan fingerprint density at radius 2 is 1.88 bits per heavy atom. The quantitative estimate of drug-likeness (QED) is 0.254. The highest BCUT2D eigenvalue weighted by Gasteiger charge is 2.08. The van der Waals surface area contributed by atoms with Gasteiger partial charge in [0.15, 0.2) is 0 Å². The van der Waals surface area contributed by atoms with Gasteiger partial charge in [-0.25, -0.2) is 0 Å². The summed E-state index contributed by atoms with van der Waals surface area (Å²) in [5.74, 6) is 1.54. The summed E-state index contributed by atoms with van der Waals surface area (Å²) in [6, 6.07) is 3.78. The first-order chi connectivity index (χ1) is 11.4. The Morgan fingerprint density at radius 3 is 2.50 bits per heavy atom. The van der Waals surface area contributed by atoms with Gasteiger partial charge in [0.05, 0.1) is 16.8 Å². The second kappa shape index (κ2) is 11.6. The van der Waals surface area contributed by atoms with Gasteiger partial charge in [-0.3, -0.25) is 0 Å². The molecule has 4 nitrogen and oxygen atoms in total. The monoisotopic (exact) mass is 437 g/mol. The predicted molar refractivity (Wildman–Crippen MR) is 104 cm³/mol. The second-order valence-electron chi connectivity index (χ2n) is 5.28. The van der Waals surface area contributed by atoms with Gasteiger partial charge >= 0.3 is 0 Å². The lowest BCUT2D eigenvalue weighted by Crippen LogP contribution is -2.02. The molecule has 24 heavy (non-hydrogen) atoms. The zero-order valence-electron chi connectivity index (χ0n) is 14.1. The number of ether oxygens (including phenoxy) is 2. The summed E-state index contributed by atoms with van der Waals surface area (Å²) in [5.41, 5.74) is 1.90. The van der Waals surface area contributed by atoms with E-state index in [9.17, 15) is 0 Å². The molecule has 1 rings (SSSR count). The van der Waals surface area contributed by atoms with Crippen molar-refractivity contribution in [2.75, 3.05) is 19.8 Å². The Bertz CT molecular complexity index is 560. The molecule has 0 heterocycles. The molecule has 0 unspecified atom stereocenters. The molecular formula is C17H22BrCl2NO3. The molecule has 0 bridgehead atoms. The van der Waals surface area contributed by atoms with Crippen molar-refractivity contribution in [2.45, 2.75) is 33.6 Å². The van der Waals surface area contributed by atoms with Gasteiger partial charge in [-0.05, 0) is 73.3 Å². The maximum atomic E-state index is 5.84. The van der Waals surface area contributed by atoms with Gasteiger partial charge in [0, 0.05) is 0 Å². The predicted octanol–water partition coefficient (Wildman–Crippen LogP) is 6.03. The van der Waals surface area contributed by atoms with Crippen LogP contribution in [0.2, 0.25) is 0 Å². The lowest BCUT2D eigenvalue weighted by molar-refractivity contribution is 0.135. The average Bonchev–Trinajstić information content (AvgIpc) is 2.47. The van der Waals surface area contributed by atoms with E-state index >= 15 is 0 Å². The van der Waals surface area contributed by atoms with Gasteiger partial charge in [0.25, 0.3) is 0 Å². The van der Waals surface area contributed by atoms with E-state index < -0.39 is 0 Å². The van der Waals surface area contributed by atoms with Crippen molar-refractivity contribution >= 4 is 44.8 Å². The van der Waals surface area contributed by atoms with Gasteiger partial charge < -0.3 is 14.3 Å². The first kappa shape index (κ1) is 21.1. The van der Waals surface area contributed by atoms with Gasteiger partial charge in [-0.15, -0.1) is 0 Å². The van der Waals surface area contributed by atoms with Crippen LogP contribution in [-0.4, -0.2) is 25.5 Å². The molecular weight excluding hydrogens is 417 g/mol. The van der Waals surface area contributed by atoms with Crippen LogP contribution < -0.4 is 9.47 Å². The number of aryl methyl sites for hydroxylation is 1. The van der Waals surface area contributed by atoms with Gasteiger partial charge in [0.2, 0.25) is 0 Å². The van der Waals surface area contributed by atoms with Gasteiger partial charge in [0.1, 0.15) is 29.2 Å². The van der Waals surface area contributed by atoms with Crippen molar-refractivity contribution in [3.63, 3.8) is 0 Å². The summed E-state index contributed by atoms with van der Waals surface area (Å²) in [6.45, 7) is 7.29. The molecule has 134 valence electrons. The molecule has 0 spiro atoms. The summed E-state index contributed by atoms with van der Waals surface area (Å²) in [6.07, 6.45) is 3.37. The summed E-state index contributed by atoms with van der Waals surface area (Å²) in [5, 5.41) is 3.89. The number of nitrogens with zero attached hydrogens (tertiary/aromatic N) is 1. The third-order valence-corrected chi connectivity index (χ3v) is 3.71. The molecule has 0 saturated heterocycles. The van der Waals surface area contributed by atoms with E-state index in [1.165, 1.54) is 0 Å². The zero-order chi connectivity index (χ0) is 17.9. The highest BCUT2D eigenvalue weighted by Crippen LogP contribution is 2.33. The first-order valence-corrected chi connectivity index (χ1v) is 9.15. The molecule has 0 amide bonds. The normalized spacial score (nSPS) is 10.1. The van der Waals surface area contributed by atoms with Gasteiger partial charge in [-0.1, -0.05) is 28.4 Å². The summed E-state index contributed by atoms with van der Waals surface area (Å²) in [4.78, 5) is 5.15. The lowest BCUT2D eigenvalue weighted by atomic mass is 10.2. The molecule has 0 aromatic heterocycles. The number of hydrogen-bond donors (Lipinski definition) is 0. The van der Waals surface area contributed by atoms with Crippen molar-refractivity contribution in [3.8, 4) is 11.5 Å². The van der Waals surface area contributed by atoms with Crippen molar-refractivity contribution in [3.05, 3.63) is 32.7 Å². The number of oxime groups is 1. The van der Waals surface area contributed by atoms with Crippen LogP contribution in [0.1, 0.15) is 32.3 Å². The molecule has 0 saturated carbocycles. The largest absolute Gasteiger partial charge is 0.492 e. The number of unbranched alkanes of at least 4 members (excludes halogenated alkanes) is 1. The standard InChI is InChI=1S/C17H22BrCl2NO3/c1-12(2)21-24-8-5-4-7-23-17-13(3)10-14(11-15(17)18)22-9-6-16(19)20/h6,10-11H,4-5,7-9H2,1-3H3. The maximum Gasteiger partial charge on any atom is 0.136 e. The second-order valence-corrected chi connectivity index (χ2v) is 7.15. The highest BCUT2D eigenvalue weighted by molar-refractivity contribution is 9.10. The average molecular weight is 439 g/mol. The van der Waals surface area contributed by atoms with Gasteiger partial charge in [-0.2, -0.15) is 0 Å². The Kier molecular flexibility index (Phi) is 10.2. The molecule has 0 aliphatic rings. The van der Waals surface area contributed by atoms with Crippen LogP contribution in [0.4, 0.5) is 0 Å². The third-order valence-electron chi connectivity index (χ3n) is 2.81. The Morgan fingerprint density at radius 1 is 1.17 bits per heavy atom. The van der Waals surface area contributed by atoms with Crippen molar-refractivity contribution in [2.24, 2.45) is 5.16 Å². The smallest absolute Gasteiger partial charge is 0.136 e. The van der Waals surface area contributed by atoms with E-state index in [1.807, 2.05) is 32.9 Å².